The van der Waals surface area contributed by atoms with Crippen molar-refractivity contribution in [2.75, 3.05) is 18.9 Å². The van der Waals surface area contributed by atoms with Crippen LogP contribution >= 0.6 is 23.4 Å². The number of thioether (sulfide) groups is 1. The van der Waals surface area contributed by atoms with Gasteiger partial charge < -0.3 is 56.7 Å². The highest BCUT2D eigenvalue weighted by Crippen LogP contribution is 2.37. The number of pyridine rings is 1. The van der Waals surface area contributed by atoms with Crippen molar-refractivity contribution in [1.82, 2.24) is 20.6 Å². The smallest absolute Gasteiger partial charge is 0.328 e. The molecule has 2 aromatic heterocycles. The van der Waals surface area contributed by atoms with E-state index in [0.29, 0.717) is 27.7 Å². The Kier molecular flexibility index (Phi) is 18.6. The highest BCUT2D eigenvalue weighted by atomic mass is 35.5. The number of nitrogens with two attached hydrogens (primary N) is 3. The fourth-order valence-corrected chi connectivity index (χ4v) is 6.60. The first-order chi connectivity index (χ1) is 30.9. The number of nitrogen functional groups attached to an aromatic ring is 1. The SMILES string of the molecule is C[C@H](NC(=O)[C@@H](N)CCC(=O)O)C(=O)OC[C@H](COc1ccc(-c2c(C#N)c(N)nc(SCc3coc(-c4ccc(Cl)cc4)n3)c2C#N)cc1)OC(=O)[C@H](C)NC(=O)[C@@H](N)CCC(=O)O. The Morgan fingerprint density at radius 2 is 1.37 bits per heavy atom. The zero-order valence-electron chi connectivity index (χ0n) is 34.8. The molecule has 0 saturated carbocycles. The van der Waals surface area contributed by atoms with Gasteiger partial charge in [-0.2, -0.15) is 10.5 Å². The number of oxazole rings is 1. The third-order valence-electron chi connectivity index (χ3n) is 9.13. The van der Waals surface area contributed by atoms with Gasteiger partial charge in [-0.1, -0.05) is 35.5 Å². The molecule has 65 heavy (non-hydrogen) atoms. The van der Waals surface area contributed by atoms with Crippen molar-refractivity contribution in [2.45, 2.75) is 80.6 Å². The van der Waals surface area contributed by atoms with E-state index in [9.17, 15) is 39.3 Å². The fourth-order valence-electron chi connectivity index (χ4n) is 5.60. The van der Waals surface area contributed by atoms with Gasteiger partial charge in [-0.3, -0.25) is 19.2 Å². The molecule has 0 unspecified atom stereocenters. The molecular weight excluding hydrogens is 890 g/mol. The van der Waals surface area contributed by atoms with E-state index >= 15 is 0 Å². The van der Waals surface area contributed by atoms with Gasteiger partial charge in [0.1, 0.15) is 65.9 Å². The summed E-state index contributed by atoms with van der Waals surface area (Å²) < 4.78 is 22.3. The largest absolute Gasteiger partial charge is 0.490 e. The summed E-state index contributed by atoms with van der Waals surface area (Å²) in [7, 11) is 0. The van der Waals surface area contributed by atoms with Crippen molar-refractivity contribution in [3.05, 3.63) is 76.6 Å². The maximum absolute atomic E-state index is 13.1. The molecule has 0 aliphatic heterocycles. The number of halogens is 1. The Balaban J connectivity index is 1.49. The Morgan fingerprint density at radius 1 is 0.815 bits per heavy atom. The zero-order valence-corrected chi connectivity index (χ0v) is 36.4. The number of amides is 2. The number of aromatic nitrogens is 2. The van der Waals surface area contributed by atoms with Gasteiger partial charge in [-0.05, 0) is 68.7 Å². The maximum atomic E-state index is 13.1. The van der Waals surface area contributed by atoms with E-state index < -0.39 is 79.2 Å². The Bertz CT molecular complexity index is 2460. The fraction of sp³-hybridized carbons (Fsp3) is 0.333. The number of aliphatic carboxylic acids is 2. The molecule has 0 bridgehead atoms. The highest BCUT2D eigenvalue weighted by Gasteiger charge is 2.28. The molecule has 342 valence electrons. The van der Waals surface area contributed by atoms with Crippen molar-refractivity contribution < 1.29 is 57.6 Å². The van der Waals surface area contributed by atoms with Gasteiger partial charge in [0, 0.05) is 34.7 Å². The van der Waals surface area contributed by atoms with Crippen LogP contribution in [-0.4, -0.2) is 99.4 Å². The van der Waals surface area contributed by atoms with E-state index in [0.717, 1.165) is 11.8 Å². The molecule has 0 aliphatic carbocycles. The molecular formula is C42H44ClN9O12S. The predicted molar refractivity (Wildman–Crippen MR) is 231 cm³/mol. The molecule has 0 radical (unpaired) electrons. The monoisotopic (exact) mass is 933 g/mol. The summed E-state index contributed by atoms with van der Waals surface area (Å²) in [5.41, 5.74) is 19.6. The van der Waals surface area contributed by atoms with Gasteiger partial charge in [0.15, 0.2) is 6.10 Å². The summed E-state index contributed by atoms with van der Waals surface area (Å²) in [6.07, 6.45) is -1.01. The van der Waals surface area contributed by atoms with Crippen LogP contribution in [0.3, 0.4) is 0 Å². The molecule has 2 aromatic carbocycles. The van der Waals surface area contributed by atoms with Crippen LogP contribution in [0.4, 0.5) is 5.82 Å². The summed E-state index contributed by atoms with van der Waals surface area (Å²) in [6, 6.07) is 12.1. The topological polar surface area (TPSA) is 359 Å². The lowest BCUT2D eigenvalue weighted by atomic mass is 9.97. The number of carboxylic acids is 2. The number of ether oxygens (including phenoxy) is 3. The molecule has 21 nitrogen and oxygen atoms in total. The van der Waals surface area contributed by atoms with Gasteiger partial charge in [0.05, 0.1) is 23.3 Å². The lowest BCUT2D eigenvalue weighted by molar-refractivity contribution is -0.163. The molecule has 0 saturated heterocycles. The maximum Gasteiger partial charge on any atom is 0.328 e. The number of anilines is 1. The standard InChI is InChI=1S/C42H44ClN9O12S/c1-21(49-37(57)31(46)11-13-33(53)54)41(59)63-19-28(64-42(60)22(2)50-38(58)32(47)12-14-34(55)56)18-61-27-9-5-23(6-10-27)35-29(15-44)36(48)52-40(30(35)16-45)65-20-26-17-62-39(51-26)24-3-7-25(43)8-4-24/h3-10,17,21-22,28,31-32H,11-14,18-20,46-47H2,1-2H3,(H2,48,52)(H,49,57)(H,50,58)(H,53,54)(H,55,56)/t21-,22-,28-,31-,32-/m0/s1. The minimum Gasteiger partial charge on any atom is -0.490 e. The number of hydrogen-bond donors (Lipinski definition) is 7. The van der Waals surface area contributed by atoms with Crippen molar-refractivity contribution in [2.24, 2.45) is 11.5 Å². The Hall–Kier alpha value is -7.24. The molecule has 2 heterocycles. The van der Waals surface area contributed by atoms with Crippen LogP contribution in [0.1, 0.15) is 56.4 Å². The van der Waals surface area contributed by atoms with Crippen LogP contribution in [-0.2, 0) is 44.0 Å². The number of benzene rings is 2. The van der Waals surface area contributed by atoms with E-state index in [1.807, 2.05) is 6.07 Å². The number of carboxylic acid groups (broad SMARTS) is 2. The van der Waals surface area contributed by atoms with Crippen LogP contribution < -0.4 is 32.6 Å². The number of carbonyl (C=O) groups excluding carboxylic acids is 4. The minimum absolute atomic E-state index is 0.0449. The first-order valence-corrected chi connectivity index (χ1v) is 20.9. The minimum atomic E-state index is -1.33. The van der Waals surface area contributed by atoms with E-state index in [-0.39, 0.29) is 64.7 Å². The van der Waals surface area contributed by atoms with Crippen molar-refractivity contribution in [3.8, 4) is 40.5 Å². The lowest BCUT2D eigenvalue weighted by Gasteiger charge is -2.23. The molecule has 0 spiro atoms. The van der Waals surface area contributed by atoms with Crippen LogP contribution in [0.15, 0.2) is 64.2 Å². The lowest BCUT2D eigenvalue weighted by Crippen LogP contribution is -2.49. The predicted octanol–water partition coefficient (Wildman–Crippen LogP) is 2.90. The second-order valence-electron chi connectivity index (χ2n) is 14.2. The first kappa shape index (κ1) is 50.4. The van der Waals surface area contributed by atoms with Crippen molar-refractivity contribution in [3.63, 3.8) is 0 Å². The van der Waals surface area contributed by atoms with Gasteiger partial charge in [-0.15, -0.1) is 0 Å². The second kappa shape index (κ2) is 24.0. The van der Waals surface area contributed by atoms with Crippen molar-refractivity contribution in [1.29, 1.82) is 10.5 Å². The third kappa shape index (κ3) is 14.9. The van der Waals surface area contributed by atoms with Crippen molar-refractivity contribution >= 4 is 64.9 Å². The van der Waals surface area contributed by atoms with Gasteiger partial charge in [0.25, 0.3) is 0 Å². The van der Waals surface area contributed by atoms with E-state index in [1.165, 1.54) is 32.2 Å². The van der Waals surface area contributed by atoms with Crippen LogP contribution in [0.5, 0.6) is 5.75 Å². The average molecular weight is 934 g/mol. The third-order valence-corrected chi connectivity index (χ3v) is 10.4. The summed E-state index contributed by atoms with van der Waals surface area (Å²) in [5, 5.41) is 43.6. The molecule has 0 fully saturated rings. The summed E-state index contributed by atoms with van der Waals surface area (Å²) in [6.45, 7) is 1.52. The number of nitrogens with zero attached hydrogens (tertiary/aromatic N) is 4. The van der Waals surface area contributed by atoms with E-state index in [2.05, 4.69) is 26.7 Å². The Labute approximate surface area is 380 Å². The normalized spacial score (nSPS) is 13.1. The van der Waals surface area contributed by atoms with Gasteiger partial charge >= 0.3 is 23.9 Å². The molecule has 4 rings (SSSR count). The number of esters is 2. The zero-order chi connectivity index (χ0) is 47.8. The number of carbonyl (C=O) groups is 6. The van der Waals surface area contributed by atoms with Gasteiger partial charge in [0.2, 0.25) is 17.7 Å². The van der Waals surface area contributed by atoms with Crippen LogP contribution in [0.25, 0.3) is 22.6 Å². The molecule has 0 aliphatic rings. The number of rotatable bonds is 23. The Morgan fingerprint density at radius 3 is 1.92 bits per heavy atom. The second-order valence-corrected chi connectivity index (χ2v) is 15.6. The number of nitriles is 2. The van der Waals surface area contributed by atoms with E-state index in [1.54, 1.807) is 36.4 Å². The molecule has 10 N–H and O–H groups in total. The number of nitrogens with one attached hydrogen (secondary N) is 2. The average Bonchev–Trinajstić information content (AvgIpc) is 3.76. The first-order valence-electron chi connectivity index (χ1n) is 19.5. The van der Waals surface area contributed by atoms with Crippen LogP contribution in [0.2, 0.25) is 5.02 Å². The number of hydrogen-bond acceptors (Lipinski definition) is 18. The van der Waals surface area contributed by atoms with Crippen LogP contribution in [0, 0.1) is 22.7 Å². The molecule has 5 atom stereocenters. The quantitative estimate of drug-likeness (QED) is 0.0415. The van der Waals surface area contributed by atoms with E-state index in [4.69, 9.17) is 57.6 Å². The summed E-state index contributed by atoms with van der Waals surface area (Å²) in [5.74, 6) is -5.26. The summed E-state index contributed by atoms with van der Waals surface area (Å²) in [4.78, 5) is 81.4. The molecule has 23 heteroatoms. The highest BCUT2D eigenvalue weighted by molar-refractivity contribution is 7.98. The molecule has 4 aromatic rings. The molecule has 2 amide bonds. The summed E-state index contributed by atoms with van der Waals surface area (Å²) >= 11 is 7.14. The van der Waals surface area contributed by atoms with Gasteiger partial charge in [-0.25, -0.2) is 19.6 Å².